The zero-order valence-corrected chi connectivity index (χ0v) is 11.6. The summed E-state index contributed by atoms with van der Waals surface area (Å²) < 4.78 is 11.4. The fourth-order valence-electron chi connectivity index (χ4n) is 2.51. The van der Waals surface area contributed by atoms with Gasteiger partial charge in [0, 0.05) is 12.6 Å². The summed E-state index contributed by atoms with van der Waals surface area (Å²) in [5.74, 6) is 2.04. The van der Waals surface area contributed by atoms with E-state index < -0.39 is 0 Å². The van der Waals surface area contributed by atoms with Gasteiger partial charge < -0.3 is 14.5 Å². The van der Waals surface area contributed by atoms with E-state index in [1.54, 1.807) is 0 Å². The molecule has 1 aromatic heterocycles. The maximum absolute atomic E-state index is 5.81. The maximum atomic E-state index is 5.81. The molecule has 0 bridgehead atoms. The Labute approximate surface area is 109 Å². The van der Waals surface area contributed by atoms with Crippen molar-refractivity contribution in [3.63, 3.8) is 0 Å². The predicted octanol–water partition coefficient (Wildman–Crippen LogP) is 2.00. The minimum Gasteiger partial charge on any atom is -0.463 e. The number of hydrogen-bond donors (Lipinski definition) is 1. The highest BCUT2D eigenvalue weighted by Gasteiger charge is 2.28. The number of hydrogen-bond acceptors (Lipinski definition) is 4. The molecule has 0 aromatic carbocycles. The number of likely N-dealkylation sites (N-methyl/N-ethyl adjacent to an activating group) is 1. The van der Waals surface area contributed by atoms with Crippen molar-refractivity contribution in [2.24, 2.45) is 0 Å². The summed E-state index contributed by atoms with van der Waals surface area (Å²) in [5.41, 5.74) is 0. The van der Waals surface area contributed by atoms with Crippen LogP contribution in [0.2, 0.25) is 0 Å². The van der Waals surface area contributed by atoms with E-state index in [2.05, 4.69) is 43.2 Å². The number of nitrogens with zero attached hydrogens (tertiary/aromatic N) is 1. The van der Waals surface area contributed by atoms with E-state index in [9.17, 15) is 0 Å². The van der Waals surface area contributed by atoms with Gasteiger partial charge in [0.25, 0.3) is 0 Å². The van der Waals surface area contributed by atoms with Gasteiger partial charge in [-0.05, 0) is 39.1 Å². The largest absolute Gasteiger partial charge is 0.463 e. The van der Waals surface area contributed by atoms with Crippen LogP contribution in [0.1, 0.15) is 31.8 Å². The van der Waals surface area contributed by atoms with Crippen molar-refractivity contribution in [3.05, 3.63) is 23.7 Å². The van der Waals surface area contributed by atoms with Crippen LogP contribution in [0.4, 0.5) is 0 Å². The number of rotatable bonds is 6. The van der Waals surface area contributed by atoms with Crippen LogP contribution >= 0.6 is 0 Å². The van der Waals surface area contributed by atoms with E-state index in [4.69, 9.17) is 9.15 Å². The van der Waals surface area contributed by atoms with Gasteiger partial charge in [-0.3, -0.25) is 4.90 Å². The van der Waals surface area contributed by atoms with Crippen molar-refractivity contribution < 1.29 is 9.15 Å². The van der Waals surface area contributed by atoms with Crippen molar-refractivity contribution in [3.8, 4) is 0 Å². The zero-order chi connectivity index (χ0) is 13.0. The average molecular weight is 252 g/mol. The van der Waals surface area contributed by atoms with Crippen LogP contribution in [-0.2, 0) is 17.8 Å². The lowest BCUT2D eigenvalue weighted by molar-refractivity contribution is 0.0790. The normalized spacial score (nSPS) is 24.0. The van der Waals surface area contributed by atoms with Crippen molar-refractivity contribution in [1.29, 1.82) is 0 Å². The molecule has 0 spiro atoms. The monoisotopic (exact) mass is 252 g/mol. The molecule has 1 aromatic rings. The molecular weight excluding hydrogens is 228 g/mol. The molecular formula is C14H24N2O2. The molecule has 2 rings (SSSR count). The van der Waals surface area contributed by atoms with Crippen LogP contribution in [0.25, 0.3) is 0 Å². The molecule has 2 heterocycles. The molecule has 0 aliphatic carbocycles. The average Bonchev–Trinajstić information content (AvgIpc) is 2.95. The van der Waals surface area contributed by atoms with Crippen molar-refractivity contribution in [2.75, 3.05) is 20.2 Å². The smallest absolute Gasteiger partial charge is 0.118 e. The van der Waals surface area contributed by atoms with Crippen molar-refractivity contribution in [2.45, 2.75) is 45.5 Å². The lowest BCUT2D eigenvalue weighted by atomic mass is 10.1. The Hall–Kier alpha value is -0.840. The Kier molecular flexibility index (Phi) is 4.80. The molecule has 0 saturated carbocycles. The number of nitrogens with one attached hydrogen (secondary N) is 1. The second-order valence-corrected chi connectivity index (χ2v) is 5.00. The quantitative estimate of drug-likeness (QED) is 0.840. The minimum absolute atomic E-state index is 0.325. The summed E-state index contributed by atoms with van der Waals surface area (Å²) in [5, 5.41) is 3.27. The van der Waals surface area contributed by atoms with Crippen molar-refractivity contribution >= 4 is 0 Å². The Morgan fingerprint density at radius 3 is 2.83 bits per heavy atom. The van der Waals surface area contributed by atoms with Crippen molar-refractivity contribution in [1.82, 2.24) is 10.2 Å². The standard InChI is InChI=1S/C14H24N2O2/c1-4-15-9-12-5-6-13(18-12)10-16(3)14-7-8-17-11(14)2/h5-6,11,14-15H,4,7-10H2,1-3H3. The molecule has 1 fully saturated rings. The molecule has 2 unspecified atom stereocenters. The lowest BCUT2D eigenvalue weighted by Crippen LogP contribution is -2.36. The molecule has 4 nitrogen and oxygen atoms in total. The van der Waals surface area contributed by atoms with Gasteiger partial charge in [-0.2, -0.15) is 0 Å². The van der Waals surface area contributed by atoms with Gasteiger partial charge in [0.1, 0.15) is 11.5 Å². The fourth-order valence-corrected chi connectivity index (χ4v) is 2.51. The second kappa shape index (κ2) is 6.36. The Balaban J connectivity index is 1.86. The Morgan fingerprint density at radius 2 is 2.17 bits per heavy atom. The first-order valence-corrected chi connectivity index (χ1v) is 6.81. The molecule has 2 atom stereocenters. The van der Waals surface area contributed by atoms with Crippen LogP contribution in [0.15, 0.2) is 16.5 Å². The van der Waals surface area contributed by atoms with E-state index in [1.807, 2.05) is 0 Å². The fraction of sp³-hybridized carbons (Fsp3) is 0.714. The van der Waals surface area contributed by atoms with Gasteiger partial charge in [0.05, 0.1) is 19.2 Å². The second-order valence-electron chi connectivity index (χ2n) is 5.00. The molecule has 4 heteroatoms. The van der Waals surface area contributed by atoms with Gasteiger partial charge in [-0.15, -0.1) is 0 Å². The summed E-state index contributed by atoms with van der Waals surface area (Å²) in [7, 11) is 2.14. The zero-order valence-electron chi connectivity index (χ0n) is 11.6. The summed E-state index contributed by atoms with van der Waals surface area (Å²) in [4.78, 5) is 2.33. The SMILES string of the molecule is CCNCc1ccc(CN(C)C2CCOC2C)o1. The summed E-state index contributed by atoms with van der Waals surface area (Å²) >= 11 is 0. The number of furan rings is 1. The third kappa shape index (κ3) is 3.34. The van der Waals surface area contributed by atoms with Gasteiger partial charge in [0.2, 0.25) is 0 Å². The molecule has 102 valence electrons. The third-order valence-electron chi connectivity index (χ3n) is 3.57. The van der Waals surface area contributed by atoms with E-state index in [0.717, 1.165) is 44.2 Å². The molecule has 1 aliphatic rings. The highest BCUT2D eigenvalue weighted by molar-refractivity contribution is 5.07. The third-order valence-corrected chi connectivity index (χ3v) is 3.57. The molecule has 1 saturated heterocycles. The van der Waals surface area contributed by atoms with E-state index in [0.29, 0.717) is 12.1 Å². The van der Waals surface area contributed by atoms with E-state index >= 15 is 0 Å². The van der Waals surface area contributed by atoms with Crippen LogP contribution in [0.3, 0.4) is 0 Å². The molecule has 0 radical (unpaired) electrons. The first-order valence-electron chi connectivity index (χ1n) is 6.81. The van der Waals surface area contributed by atoms with Crippen LogP contribution in [0, 0.1) is 0 Å². The molecule has 1 aliphatic heterocycles. The minimum atomic E-state index is 0.325. The van der Waals surface area contributed by atoms with Crippen LogP contribution in [0.5, 0.6) is 0 Å². The van der Waals surface area contributed by atoms with E-state index in [1.165, 1.54) is 0 Å². The maximum Gasteiger partial charge on any atom is 0.118 e. The van der Waals surface area contributed by atoms with Gasteiger partial charge >= 0.3 is 0 Å². The van der Waals surface area contributed by atoms with Crippen LogP contribution < -0.4 is 5.32 Å². The summed E-state index contributed by atoms with van der Waals surface area (Å²) in [6.45, 7) is 7.74. The Bertz CT molecular complexity index is 364. The highest BCUT2D eigenvalue weighted by atomic mass is 16.5. The topological polar surface area (TPSA) is 37.6 Å². The summed E-state index contributed by atoms with van der Waals surface area (Å²) in [6, 6.07) is 4.64. The van der Waals surface area contributed by atoms with Crippen LogP contribution in [-0.4, -0.2) is 37.2 Å². The van der Waals surface area contributed by atoms with Gasteiger partial charge in [0.15, 0.2) is 0 Å². The first kappa shape index (κ1) is 13.6. The summed E-state index contributed by atoms with van der Waals surface area (Å²) in [6.07, 6.45) is 1.44. The van der Waals surface area contributed by atoms with Gasteiger partial charge in [-0.1, -0.05) is 6.92 Å². The van der Waals surface area contributed by atoms with E-state index in [-0.39, 0.29) is 0 Å². The molecule has 18 heavy (non-hydrogen) atoms. The highest BCUT2D eigenvalue weighted by Crippen LogP contribution is 2.20. The van der Waals surface area contributed by atoms with Gasteiger partial charge in [-0.25, -0.2) is 0 Å². The molecule has 0 amide bonds. The predicted molar refractivity (Wildman–Crippen MR) is 71.4 cm³/mol. The first-order chi connectivity index (χ1) is 8.70. The number of ether oxygens (including phenoxy) is 1. The Morgan fingerprint density at radius 1 is 1.39 bits per heavy atom. The molecule has 1 N–H and O–H groups in total. The lowest BCUT2D eigenvalue weighted by Gasteiger charge is -2.25.